The molecule has 1 rings (SSSR count). The Labute approximate surface area is 138 Å². The van der Waals surface area contributed by atoms with Gasteiger partial charge in [-0.15, -0.1) is 24.0 Å². The highest BCUT2D eigenvalue weighted by Gasteiger charge is 2.16. The molecule has 0 atom stereocenters. The molecule has 0 unspecified atom stereocenters. The zero-order valence-corrected chi connectivity index (χ0v) is 15.0. The van der Waals surface area contributed by atoms with Gasteiger partial charge in [0.2, 0.25) is 0 Å². The molecule has 1 heterocycles. The number of guanidine groups is 1. The SMILES string of the molecule is CN=C(NCCc1ccccn1)NCC(C)(C)OC.I. The third kappa shape index (κ3) is 7.64. The summed E-state index contributed by atoms with van der Waals surface area (Å²) in [6.45, 7) is 5.55. The van der Waals surface area contributed by atoms with E-state index in [1.165, 1.54) is 0 Å². The first-order valence-corrected chi connectivity index (χ1v) is 6.47. The van der Waals surface area contributed by atoms with Gasteiger partial charge in [-0.1, -0.05) is 6.07 Å². The summed E-state index contributed by atoms with van der Waals surface area (Å²) in [6.07, 6.45) is 2.68. The summed E-state index contributed by atoms with van der Waals surface area (Å²) >= 11 is 0. The third-order valence-corrected chi connectivity index (χ3v) is 2.86. The smallest absolute Gasteiger partial charge is 0.191 e. The number of aliphatic imine (C=N–C) groups is 1. The van der Waals surface area contributed by atoms with Crippen molar-refractivity contribution in [3.05, 3.63) is 30.1 Å². The number of methoxy groups -OCH3 is 1. The molecule has 0 aliphatic heterocycles. The molecule has 0 spiro atoms. The first-order chi connectivity index (χ1) is 9.07. The van der Waals surface area contributed by atoms with Gasteiger partial charge < -0.3 is 15.4 Å². The average Bonchev–Trinajstić information content (AvgIpc) is 2.43. The van der Waals surface area contributed by atoms with Crippen LogP contribution >= 0.6 is 24.0 Å². The molecule has 1 aromatic rings. The van der Waals surface area contributed by atoms with Crippen LogP contribution in [0.4, 0.5) is 0 Å². The molecule has 0 fully saturated rings. The number of rotatable bonds is 6. The molecule has 0 saturated heterocycles. The number of nitrogens with one attached hydrogen (secondary N) is 2. The largest absolute Gasteiger partial charge is 0.377 e. The number of halogens is 1. The molecule has 1 aromatic heterocycles. The second-order valence-electron chi connectivity index (χ2n) is 4.89. The van der Waals surface area contributed by atoms with Crippen LogP contribution in [0.2, 0.25) is 0 Å². The van der Waals surface area contributed by atoms with E-state index in [1.54, 1.807) is 14.2 Å². The van der Waals surface area contributed by atoms with Gasteiger partial charge in [-0.25, -0.2) is 0 Å². The summed E-state index contributed by atoms with van der Waals surface area (Å²) in [6, 6.07) is 5.94. The van der Waals surface area contributed by atoms with Gasteiger partial charge in [0.1, 0.15) is 0 Å². The van der Waals surface area contributed by atoms with Crippen molar-refractivity contribution in [1.29, 1.82) is 0 Å². The summed E-state index contributed by atoms with van der Waals surface area (Å²) < 4.78 is 5.35. The molecular formula is C14H25IN4O. The molecule has 0 radical (unpaired) electrons. The first-order valence-electron chi connectivity index (χ1n) is 6.47. The normalized spacial score (nSPS) is 11.7. The van der Waals surface area contributed by atoms with Gasteiger partial charge in [-0.2, -0.15) is 0 Å². The van der Waals surface area contributed by atoms with Crippen LogP contribution in [-0.2, 0) is 11.2 Å². The molecule has 0 bridgehead atoms. The van der Waals surface area contributed by atoms with Crippen LogP contribution < -0.4 is 10.6 Å². The van der Waals surface area contributed by atoms with Gasteiger partial charge in [0, 0.05) is 45.6 Å². The van der Waals surface area contributed by atoms with Crippen molar-refractivity contribution in [2.24, 2.45) is 4.99 Å². The fraction of sp³-hybridized carbons (Fsp3) is 0.571. The fourth-order valence-corrected chi connectivity index (χ4v) is 1.44. The van der Waals surface area contributed by atoms with Crippen molar-refractivity contribution in [3.8, 4) is 0 Å². The predicted molar refractivity (Wildman–Crippen MR) is 93.8 cm³/mol. The number of pyridine rings is 1. The van der Waals surface area contributed by atoms with Crippen molar-refractivity contribution in [3.63, 3.8) is 0 Å². The molecule has 5 nitrogen and oxygen atoms in total. The molecule has 0 aliphatic rings. The van der Waals surface area contributed by atoms with Crippen LogP contribution in [0.5, 0.6) is 0 Å². The Bertz CT molecular complexity index is 395. The highest BCUT2D eigenvalue weighted by Crippen LogP contribution is 2.04. The van der Waals surface area contributed by atoms with E-state index in [1.807, 2.05) is 38.2 Å². The molecule has 114 valence electrons. The Hall–Kier alpha value is -0.890. The quantitative estimate of drug-likeness (QED) is 0.441. The van der Waals surface area contributed by atoms with Gasteiger partial charge in [-0.3, -0.25) is 9.98 Å². The lowest BCUT2D eigenvalue weighted by Gasteiger charge is -2.24. The minimum Gasteiger partial charge on any atom is -0.377 e. The lowest BCUT2D eigenvalue weighted by Crippen LogP contribution is -2.45. The van der Waals surface area contributed by atoms with Crippen molar-refractivity contribution < 1.29 is 4.74 Å². The third-order valence-electron chi connectivity index (χ3n) is 2.86. The molecule has 20 heavy (non-hydrogen) atoms. The van der Waals surface area contributed by atoms with Crippen LogP contribution in [0.25, 0.3) is 0 Å². The summed E-state index contributed by atoms with van der Waals surface area (Å²) in [4.78, 5) is 8.45. The van der Waals surface area contributed by atoms with Gasteiger partial charge in [0.05, 0.1) is 5.60 Å². The van der Waals surface area contributed by atoms with Crippen molar-refractivity contribution in [1.82, 2.24) is 15.6 Å². The Balaban J connectivity index is 0.00000361. The Kier molecular flexibility index (Phi) is 9.49. The van der Waals surface area contributed by atoms with E-state index in [0.717, 1.165) is 24.6 Å². The van der Waals surface area contributed by atoms with Gasteiger partial charge in [0.15, 0.2) is 5.96 Å². The number of hydrogen-bond acceptors (Lipinski definition) is 3. The predicted octanol–water partition coefficient (Wildman–Crippen LogP) is 1.83. The minimum atomic E-state index is -0.210. The van der Waals surface area contributed by atoms with Crippen LogP contribution in [0, 0.1) is 0 Å². The van der Waals surface area contributed by atoms with Crippen LogP contribution in [0.15, 0.2) is 29.4 Å². The standard InChI is InChI=1S/C14H24N4O.HI/c1-14(2,19-4)11-18-13(15-3)17-10-8-12-7-5-6-9-16-12;/h5-7,9H,8,10-11H2,1-4H3,(H2,15,17,18);1H. The van der Waals surface area contributed by atoms with E-state index in [9.17, 15) is 0 Å². The molecule has 0 aliphatic carbocycles. The maximum atomic E-state index is 5.35. The summed E-state index contributed by atoms with van der Waals surface area (Å²) in [7, 11) is 3.47. The van der Waals surface area contributed by atoms with Crippen LogP contribution in [-0.4, -0.2) is 43.8 Å². The molecule has 0 aromatic carbocycles. The number of nitrogens with zero attached hydrogens (tertiary/aromatic N) is 2. The topological polar surface area (TPSA) is 58.5 Å². The first kappa shape index (κ1) is 19.1. The zero-order chi connectivity index (χ0) is 14.1. The second-order valence-corrected chi connectivity index (χ2v) is 4.89. The molecular weight excluding hydrogens is 367 g/mol. The molecule has 6 heteroatoms. The number of aromatic nitrogens is 1. The number of hydrogen-bond donors (Lipinski definition) is 2. The maximum Gasteiger partial charge on any atom is 0.191 e. The van der Waals surface area contributed by atoms with Crippen molar-refractivity contribution >= 4 is 29.9 Å². The van der Waals surface area contributed by atoms with Crippen molar-refractivity contribution in [2.75, 3.05) is 27.2 Å². The van der Waals surface area contributed by atoms with Crippen LogP contribution in [0.3, 0.4) is 0 Å². The lowest BCUT2D eigenvalue weighted by atomic mass is 10.1. The molecule has 2 N–H and O–H groups in total. The van der Waals surface area contributed by atoms with E-state index in [4.69, 9.17) is 4.74 Å². The number of ether oxygens (including phenoxy) is 1. The maximum absolute atomic E-state index is 5.35. The minimum absolute atomic E-state index is 0. The highest BCUT2D eigenvalue weighted by molar-refractivity contribution is 14.0. The van der Waals surface area contributed by atoms with E-state index in [0.29, 0.717) is 6.54 Å². The van der Waals surface area contributed by atoms with Crippen LogP contribution in [0.1, 0.15) is 19.5 Å². The second kappa shape index (κ2) is 9.93. The Morgan fingerprint density at radius 3 is 2.65 bits per heavy atom. The van der Waals surface area contributed by atoms with Gasteiger partial charge in [0.25, 0.3) is 0 Å². The van der Waals surface area contributed by atoms with E-state index in [-0.39, 0.29) is 29.6 Å². The Morgan fingerprint density at radius 2 is 2.10 bits per heavy atom. The van der Waals surface area contributed by atoms with Crippen molar-refractivity contribution in [2.45, 2.75) is 25.9 Å². The van der Waals surface area contributed by atoms with E-state index in [2.05, 4.69) is 20.6 Å². The zero-order valence-electron chi connectivity index (χ0n) is 12.6. The fourth-order valence-electron chi connectivity index (χ4n) is 1.44. The molecule has 0 amide bonds. The highest BCUT2D eigenvalue weighted by atomic mass is 127. The van der Waals surface area contributed by atoms with E-state index < -0.39 is 0 Å². The molecule has 0 saturated carbocycles. The van der Waals surface area contributed by atoms with Gasteiger partial charge in [-0.05, 0) is 26.0 Å². The summed E-state index contributed by atoms with van der Waals surface area (Å²) in [5.41, 5.74) is 0.862. The Morgan fingerprint density at radius 1 is 1.35 bits per heavy atom. The summed E-state index contributed by atoms with van der Waals surface area (Å²) in [5.74, 6) is 0.779. The van der Waals surface area contributed by atoms with E-state index >= 15 is 0 Å². The van der Waals surface area contributed by atoms with Gasteiger partial charge >= 0.3 is 0 Å². The lowest BCUT2D eigenvalue weighted by molar-refractivity contribution is 0.0268. The monoisotopic (exact) mass is 392 g/mol. The summed E-state index contributed by atoms with van der Waals surface area (Å²) in [5, 5.41) is 6.50. The average molecular weight is 392 g/mol.